The van der Waals surface area contributed by atoms with E-state index in [1.807, 2.05) is 0 Å². The van der Waals surface area contributed by atoms with Gasteiger partial charge in [-0.1, -0.05) is 12.1 Å². The Morgan fingerprint density at radius 2 is 1.95 bits per heavy atom. The molecule has 104 valence electrons. The first kappa shape index (κ1) is 14.2. The maximum atomic E-state index is 12.3. The van der Waals surface area contributed by atoms with Crippen LogP contribution in [-0.4, -0.2) is 42.8 Å². The summed E-state index contributed by atoms with van der Waals surface area (Å²) in [5.74, 6) is -0.0997. The Hall–Kier alpha value is -1.24. The van der Waals surface area contributed by atoms with Crippen LogP contribution in [0.25, 0.3) is 0 Å². The van der Waals surface area contributed by atoms with E-state index in [0.717, 1.165) is 0 Å². The maximum absolute atomic E-state index is 12.3. The zero-order valence-electron chi connectivity index (χ0n) is 10.7. The third-order valence-corrected chi connectivity index (χ3v) is 5.14. The number of benzene rings is 1. The molecule has 1 atom stereocenters. The third-order valence-electron chi connectivity index (χ3n) is 3.26. The van der Waals surface area contributed by atoms with Crippen LogP contribution in [0.1, 0.15) is 30.1 Å². The van der Waals surface area contributed by atoms with Crippen LogP contribution in [0.2, 0.25) is 0 Å². The number of aliphatic hydroxyl groups excluding tert-OH is 1. The van der Waals surface area contributed by atoms with E-state index in [1.165, 1.54) is 35.5 Å². The molecule has 1 saturated heterocycles. The van der Waals surface area contributed by atoms with Crippen LogP contribution in [0.3, 0.4) is 0 Å². The fraction of sp³-hybridized carbons (Fsp3) is 0.462. The molecule has 1 aliphatic rings. The van der Waals surface area contributed by atoms with E-state index >= 15 is 0 Å². The first-order valence-corrected chi connectivity index (χ1v) is 7.64. The van der Waals surface area contributed by atoms with Crippen LogP contribution in [0.4, 0.5) is 0 Å². The predicted octanol–water partition coefficient (Wildman–Crippen LogP) is 1.03. The number of rotatable bonds is 3. The SMILES string of the molecule is CC(=O)c1ccc(S(=O)(=O)N2CCCC(O)C2)cc1. The van der Waals surface area contributed by atoms with E-state index in [0.29, 0.717) is 24.9 Å². The molecule has 1 aromatic rings. The molecule has 6 heteroatoms. The first-order valence-electron chi connectivity index (χ1n) is 6.20. The number of piperidine rings is 1. The molecule has 0 amide bonds. The number of ketones is 1. The molecule has 19 heavy (non-hydrogen) atoms. The number of carbonyl (C=O) groups excluding carboxylic acids is 1. The van der Waals surface area contributed by atoms with Gasteiger partial charge in [0.25, 0.3) is 0 Å². The molecule has 1 unspecified atom stereocenters. The highest BCUT2D eigenvalue weighted by Crippen LogP contribution is 2.21. The van der Waals surface area contributed by atoms with Gasteiger partial charge in [0.1, 0.15) is 0 Å². The van der Waals surface area contributed by atoms with Crippen molar-refractivity contribution >= 4 is 15.8 Å². The van der Waals surface area contributed by atoms with E-state index in [2.05, 4.69) is 0 Å². The molecule has 0 bridgehead atoms. The van der Waals surface area contributed by atoms with Crippen LogP contribution in [0.5, 0.6) is 0 Å². The molecule has 0 radical (unpaired) electrons. The summed E-state index contributed by atoms with van der Waals surface area (Å²) in [7, 11) is -3.58. The van der Waals surface area contributed by atoms with Crippen LogP contribution in [0, 0.1) is 0 Å². The number of β-amino-alcohol motifs (C(OH)–C–C–N with tert-alkyl or cyclic N) is 1. The Kier molecular flexibility index (Phi) is 4.03. The van der Waals surface area contributed by atoms with Gasteiger partial charge in [0.15, 0.2) is 5.78 Å². The highest BCUT2D eigenvalue weighted by Gasteiger charge is 2.29. The van der Waals surface area contributed by atoms with Crippen molar-refractivity contribution in [3.05, 3.63) is 29.8 Å². The van der Waals surface area contributed by atoms with Crippen LogP contribution in [-0.2, 0) is 10.0 Å². The molecule has 1 heterocycles. The van der Waals surface area contributed by atoms with E-state index in [4.69, 9.17) is 0 Å². The molecule has 5 nitrogen and oxygen atoms in total. The standard InChI is InChI=1S/C13H17NO4S/c1-10(15)11-4-6-13(7-5-11)19(17,18)14-8-2-3-12(16)9-14/h4-7,12,16H,2-3,8-9H2,1H3. The molecule has 0 saturated carbocycles. The maximum Gasteiger partial charge on any atom is 0.243 e. The zero-order chi connectivity index (χ0) is 14.0. The summed E-state index contributed by atoms with van der Waals surface area (Å²) in [5.41, 5.74) is 0.484. The van der Waals surface area contributed by atoms with Crippen molar-refractivity contribution in [2.45, 2.75) is 30.8 Å². The lowest BCUT2D eigenvalue weighted by molar-refractivity contribution is 0.101. The Labute approximate surface area is 112 Å². The second-order valence-electron chi connectivity index (χ2n) is 4.74. The van der Waals surface area contributed by atoms with Crippen molar-refractivity contribution in [2.24, 2.45) is 0 Å². The average Bonchev–Trinajstić information content (AvgIpc) is 2.39. The van der Waals surface area contributed by atoms with Gasteiger partial charge in [-0.05, 0) is 31.9 Å². The Balaban J connectivity index is 2.26. The summed E-state index contributed by atoms with van der Waals surface area (Å²) in [4.78, 5) is 11.3. The highest BCUT2D eigenvalue weighted by molar-refractivity contribution is 7.89. The average molecular weight is 283 g/mol. The van der Waals surface area contributed by atoms with Crippen molar-refractivity contribution in [1.82, 2.24) is 4.31 Å². The Morgan fingerprint density at radius 1 is 1.32 bits per heavy atom. The van der Waals surface area contributed by atoms with Gasteiger partial charge in [0.05, 0.1) is 11.0 Å². The lowest BCUT2D eigenvalue weighted by atomic mass is 10.1. The molecular formula is C13H17NO4S. The molecule has 1 fully saturated rings. The topological polar surface area (TPSA) is 74.7 Å². The number of hydrogen-bond acceptors (Lipinski definition) is 4. The zero-order valence-corrected chi connectivity index (χ0v) is 11.6. The van der Waals surface area contributed by atoms with Gasteiger partial charge in [-0.15, -0.1) is 0 Å². The molecular weight excluding hydrogens is 266 g/mol. The van der Waals surface area contributed by atoms with Crippen LogP contribution in [0.15, 0.2) is 29.2 Å². The fourth-order valence-electron chi connectivity index (χ4n) is 2.15. The summed E-state index contributed by atoms with van der Waals surface area (Å²) < 4.78 is 26.0. The smallest absolute Gasteiger partial charge is 0.243 e. The van der Waals surface area contributed by atoms with Crippen LogP contribution >= 0.6 is 0 Å². The highest BCUT2D eigenvalue weighted by atomic mass is 32.2. The second kappa shape index (κ2) is 5.40. The van der Waals surface area contributed by atoms with E-state index < -0.39 is 16.1 Å². The monoisotopic (exact) mass is 283 g/mol. The normalized spacial score (nSPS) is 21.3. The van der Waals surface area contributed by atoms with Crippen molar-refractivity contribution in [3.8, 4) is 0 Å². The summed E-state index contributed by atoms with van der Waals surface area (Å²) in [6, 6.07) is 5.89. The lowest BCUT2D eigenvalue weighted by Crippen LogP contribution is -2.42. The summed E-state index contributed by atoms with van der Waals surface area (Å²) in [5, 5.41) is 9.56. The van der Waals surface area contributed by atoms with Crippen molar-refractivity contribution in [1.29, 1.82) is 0 Å². The number of hydrogen-bond donors (Lipinski definition) is 1. The molecule has 0 spiro atoms. The molecule has 0 aromatic heterocycles. The van der Waals surface area contributed by atoms with E-state index in [1.54, 1.807) is 0 Å². The number of carbonyl (C=O) groups is 1. The summed E-state index contributed by atoms with van der Waals surface area (Å²) in [6.07, 6.45) is 0.696. The number of nitrogens with zero attached hydrogens (tertiary/aromatic N) is 1. The van der Waals surface area contributed by atoms with Crippen molar-refractivity contribution < 1.29 is 18.3 Å². The van der Waals surface area contributed by atoms with Gasteiger partial charge in [-0.25, -0.2) is 8.42 Å². The first-order chi connectivity index (χ1) is 8.91. The molecule has 1 N–H and O–H groups in total. The molecule has 1 aromatic carbocycles. The number of sulfonamides is 1. The minimum absolute atomic E-state index is 0.0997. The van der Waals surface area contributed by atoms with Gasteiger partial charge in [0, 0.05) is 18.7 Å². The summed E-state index contributed by atoms with van der Waals surface area (Å²) in [6.45, 7) is 2.00. The van der Waals surface area contributed by atoms with Crippen molar-refractivity contribution in [2.75, 3.05) is 13.1 Å². The number of aliphatic hydroxyl groups is 1. The largest absolute Gasteiger partial charge is 0.392 e. The third kappa shape index (κ3) is 3.02. The van der Waals surface area contributed by atoms with Gasteiger partial charge < -0.3 is 5.11 Å². The summed E-state index contributed by atoms with van der Waals surface area (Å²) >= 11 is 0. The van der Waals surface area contributed by atoms with E-state index in [-0.39, 0.29) is 17.2 Å². The van der Waals surface area contributed by atoms with Crippen LogP contribution < -0.4 is 0 Å². The molecule has 0 aliphatic carbocycles. The minimum Gasteiger partial charge on any atom is -0.392 e. The lowest BCUT2D eigenvalue weighted by Gasteiger charge is -2.29. The minimum atomic E-state index is -3.58. The van der Waals surface area contributed by atoms with Gasteiger partial charge in [-0.3, -0.25) is 4.79 Å². The Morgan fingerprint density at radius 3 is 2.47 bits per heavy atom. The molecule has 1 aliphatic heterocycles. The van der Waals surface area contributed by atoms with Gasteiger partial charge >= 0.3 is 0 Å². The van der Waals surface area contributed by atoms with Gasteiger partial charge in [-0.2, -0.15) is 4.31 Å². The van der Waals surface area contributed by atoms with E-state index in [9.17, 15) is 18.3 Å². The van der Waals surface area contributed by atoms with Crippen molar-refractivity contribution in [3.63, 3.8) is 0 Å². The van der Waals surface area contributed by atoms with Gasteiger partial charge in [0.2, 0.25) is 10.0 Å². The molecule has 2 rings (SSSR count). The predicted molar refractivity (Wildman–Crippen MR) is 70.4 cm³/mol. The number of Topliss-reactive ketones (excluding diaryl/α,β-unsaturated/α-hetero) is 1. The fourth-order valence-corrected chi connectivity index (χ4v) is 3.67. The Bertz CT molecular complexity index is 565. The quantitative estimate of drug-likeness (QED) is 0.841. The second-order valence-corrected chi connectivity index (χ2v) is 6.68.